The number of aliphatic imine (C=N–C) groups is 1. The third-order valence-electron chi connectivity index (χ3n) is 6.04. The van der Waals surface area contributed by atoms with Crippen LogP contribution in [-0.2, 0) is 45.6 Å². The molecule has 1 unspecified atom stereocenters. The molecule has 0 fully saturated rings. The largest absolute Gasteiger partial charge is 0.467 e. The molecule has 3 aliphatic rings. The summed E-state index contributed by atoms with van der Waals surface area (Å²) >= 11 is 0. The van der Waals surface area contributed by atoms with Crippen molar-refractivity contribution in [2.24, 2.45) is 4.99 Å². The summed E-state index contributed by atoms with van der Waals surface area (Å²) in [5.74, 6) is -0.399. The molecule has 0 saturated carbocycles. The Kier molecular flexibility index (Phi) is 4.22. The van der Waals surface area contributed by atoms with Crippen molar-refractivity contribution in [1.82, 2.24) is 5.16 Å². The number of hydrogen-bond acceptors (Lipinski definition) is 8. The summed E-state index contributed by atoms with van der Waals surface area (Å²) in [5, 5.41) is 7.34. The fraction of sp³-hybridized carbons (Fsp3) is 0.476. The number of carbonyl (C=O) groups excluding carboxylic acids is 1. The lowest BCUT2D eigenvalue weighted by atomic mass is 9.99. The maximum atomic E-state index is 12.6. The van der Waals surface area contributed by atoms with Gasteiger partial charge in [-0.3, -0.25) is 0 Å². The number of esters is 1. The third-order valence-corrected chi connectivity index (χ3v) is 6.04. The van der Waals surface area contributed by atoms with Gasteiger partial charge in [0, 0.05) is 5.69 Å². The Balaban J connectivity index is 1.47. The van der Waals surface area contributed by atoms with Gasteiger partial charge in [0.2, 0.25) is 0 Å². The molecule has 1 N–H and O–H groups in total. The van der Waals surface area contributed by atoms with E-state index in [1.807, 2.05) is 0 Å². The number of aryl methyl sites for hydroxylation is 2. The zero-order valence-electron chi connectivity index (χ0n) is 16.5. The number of aromatic nitrogens is 1. The van der Waals surface area contributed by atoms with Gasteiger partial charge in [0.05, 0.1) is 20.3 Å². The molecule has 0 saturated heterocycles. The Labute approximate surface area is 168 Å². The van der Waals surface area contributed by atoms with Crippen LogP contribution < -0.4 is 10.1 Å². The summed E-state index contributed by atoms with van der Waals surface area (Å²) in [6.45, 7) is 0.0505. The minimum absolute atomic E-state index is 0.0505. The minimum Gasteiger partial charge on any atom is -0.467 e. The highest BCUT2D eigenvalue weighted by Gasteiger charge is 2.52. The number of ether oxygens (including phenoxy) is 3. The maximum Gasteiger partial charge on any atom is 0.358 e. The van der Waals surface area contributed by atoms with Crippen molar-refractivity contribution in [2.45, 2.75) is 44.1 Å². The maximum absolute atomic E-state index is 12.6. The number of nitrogens with one attached hydrogen (secondary N) is 1. The second-order valence-corrected chi connectivity index (χ2v) is 7.64. The van der Waals surface area contributed by atoms with E-state index in [0.29, 0.717) is 6.02 Å². The van der Waals surface area contributed by atoms with Crippen molar-refractivity contribution in [3.8, 4) is 5.95 Å². The van der Waals surface area contributed by atoms with Crippen LogP contribution in [0.5, 0.6) is 5.95 Å². The van der Waals surface area contributed by atoms with Crippen molar-refractivity contribution in [1.29, 1.82) is 0 Å². The Morgan fingerprint density at radius 2 is 1.83 bits per heavy atom. The SMILES string of the molecule is COC(=O)C1(c2cc(OC)on2)CN=C(Nc2c3c(cc4c2CCC4)CCC3)O1. The van der Waals surface area contributed by atoms with Crippen LogP contribution in [-0.4, -0.2) is 37.9 Å². The number of methoxy groups -OCH3 is 2. The molecule has 2 aromatic rings. The molecule has 8 nitrogen and oxygen atoms in total. The van der Waals surface area contributed by atoms with Crippen molar-refractivity contribution < 1.29 is 23.5 Å². The van der Waals surface area contributed by atoms with E-state index in [2.05, 4.69) is 21.5 Å². The summed E-state index contributed by atoms with van der Waals surface area (Å²) < 4.78 is 21.2. The van der Waals surface area contributed by atoms with Gasteiger partial charge in [-0.1, -0.05) is 11.2 Å². The van der Waals surface area contributed by atoms with Gasteiger partial charge in [-0.2, -0.15) is 0 Å². The van der Waals surface area contributed by atoms with Crippen molar-refractivity contribution in [2.75, 3.05) is 26.1 Å². The first kappa shape index (κ1) is 18.0. The molecule has 1 aromatic carbocycles. The molecule has 1 atom stereocenters. The Morgan fingerprint density at radius 3 is 2.45 bits per heavy atom. The number of fused-ring (bicyclic) bond motifs is 2. The number of benzene rings is 1. The first-order chi connectivity index (χ1) is 14.1. The molecule has 152 valence electrons. The normalized spacial score (nSPS) is 21.9. The molecule has 0 radical (unpaired) electrons. The molecule has 0 amide bonds. The Hall–Kier alpha value is -3.03. The van der Waals surface area contributed by atoms with Gasteiger partial charge < -0.3 is 24.1 Å². The molecule has 1 aliphatic heterocycles. The van der Waals surface area contributed by atoms with E-state index in [1.54, 1.807) is 0 Å². The number of hydrogen-bond donors (Lipinski definition) is 1. The molecule has 8 heteroatoms. The number of amidine groups is 1. The monoisotopic (exact) mass is 397 g/mol. The molecule has 2 heterocycles. The number of anilines is 1. The Morgan fingerprint density at radius 1 is 1.10 bits per heavy atom. The molecule has 5 rings (SSSR count). The number of carbonyl (C=O) groups is 1. The van der Waals surface area contributed by atoms with Crippen molar-refractivity contribution in [3.05, 3.63) is 40.1 Å². The topological polar surface area (TPSA) is 95.2 Å². The van der Waals surface area contributed by atoms with Gasteiger partial charge >= 0.3 is 11.9 Å². The Bertz CT molecular complexity index is 980. The first-order valence-electron chi connectivity index (χ1n) is 9.91. The van der Waals surface area contributed by atoms with Crippen LogP contribution in [0.2, 0.25) is 0 Å². The van der Waals surface area contributed by atoms with Crippen molar-refractivity contribution in [3.63, 3.8) is 0 Å². The fourth-order valence-corrected chi connectivity index (χ4v) is 4.61. The van der Waals surface area contributed by atoms with E-state index in [0.717, 1.165) is 44.2 Å². The molecule has 29 heavy (non-hydrogen) atoms. The van der Waals surface area contributed by atoms with Gasteiger partial charge in [-0.05, 0) is 60.8 Å². The fourth-order valence-electron chi connectivity index (χ4n) is 4.61. The summed E-state index contributed by atoms with van der Waals surface area (Å²) in [5.41, 5.74) is 5.39. The highest BCUT2D eigenvalue weighted by Crippen LogP contribution is 2.40. The molecule has 2 aliphatic carbocycles. The lowest BCUT2D eigenvalue weighted by Gasteiger charge is -2.23. The lowest BCUT2D eigenvalue weighted by Crippen LogP contribution is -2.41. The van der Waals surface area contributed by atoms with E-state index < -0.39 is 11.6 Å². The molecule has 0 spiro atoms. The van der Waals surface area contributed by atoms with Crippen LogP contribution in [0.4, 0.5) is 5.69 Å². The second-order valence-electron chi connectivity index (χ2n) is 7.64. The zero-order chi connectivity index (χ0) is 20.0. The summed E-state index contributed by atoms with van der Waals surface area (Å²) in [4.78, 5) is 17.1. The summed E-state index contributed by atoms with van der Waals surface area (Å²) in [6.07, 6.45) is 6.61. The predicted octanol–water partition coefficient (Wildman–Crippen LogP) is 2.53. The molecule has 0 bridgehead atoms. The quantitative estimate of drug-likeness (QED) is 0.792. The van der Waals surface area contributed by atoms with Crippen molar-refractivity contribution >= 4 is 17.7 Å². The first-order valence-corrected chi connectivity index (χ1v) is 9.91. The van der Waals surface area contributed by atoms with E-state index >= 15 is 0 Å². The van der Waals surface area contributed by atoms with Gasteiger partial charge in [-0.25, -0.2) is 9.79 Å². The van der Waals surface area contributed by atoms with Crippen LogP contribution in [0.15, 0.2) is 21.6 Å². The highest BCUT2D eigenvalue weighted by molar-refractivity contribution is 5.96. The zero-order valence-corrected chi connectivity index (χ0v) is 16.5. The van der Waals surface area contributed by atoms with Crippen LogP contribution in [0, 0.1) is 0 Å². The average Bonchev–Trinajstić information content (AvgIpc) is 3.52. The van der Waals surface area contributed by atoms with E-state index in [4.69, 9.17) is 18.7 Å². The van der Waals surface area contributed by atoms with Crippen LogP contribution >= 0.6 is 0 Å². The summed E-state index contributed by atoms with van der Waals surface area (Å²) in [7, 11) is 2.78. The van der Waals surface area contributed by atoms with E-state index in [1.165, 1.54) is 42.5 Å². The average molecular weight is 397 g/mol. The highest BCUT2D eigenvalue weighted by atomic mass is 16.6. The summed E-state index contributed by atoms with van der Waals surface area (Å²) in [6, 6.07) is 4.19. The van der Waals surface area contributed by atoms with Gasteiger partial charge in [0.1, 0.15) is 12.2 Å². The smallest absolute Gasteiger partial charge is 0.358 e. The molecular weight excluding hydrogens is 374 g/mol. The standard InChI is InChI=1S/C21H23N3O5/c1-26-17-10-16(24-29-17)21(19(25)27-2)11-22-20(28-21)23-18-14-7-3-5-12(14)9-13-6-4-8-15(13)18/h9-10H,3-8,11H2,1-2H3,(H,22,23). The van der Waals surface area contributed by atoms with Gasteiger partial charge in [0.15, 0.2) is 0 Å². The van der Waals surface area contributed by atoms with Crippen LogP contribution in [0.25, 0.3) is 0 Å². The lowest BCUT2D eigenvalue weighted by molar-refractivity contribution is -0.159. The van der Waals surface area contributed by atoms with E-state index in [9.17, 15) is 4.79 Å². The van der Waals surface area contributed by atoms with Gasteiger partial charge in [-0.15, -0.1) is 0 Å². The molecular formula is C21H23N3O5. The van der Waals surface area contributed by atoms with Crippen LogP contribution in [0.3, 0.4) is 0 Å². The number of rotatable bonds is 4. The second kappa shape index (κ2) is 6.79. The van der Waals surface area contributed by atoms with Gasteiger partial charge in [0.25, 0.3) is 11.6 Å². The third kappa shape index (κ3) is 2.77. The minimum atomic E-state index is -1.49. The predicted molar refractivity (Wildman–Crippen MR) is 104 cm³/mol. The molecule has 1 aromatic heterocycles. The van der Waals surface area contributed by atoms with Crippen LogP contribution in [0.1, 0.15) is 40.8 Å². The van der Waals surface area contributed by atoms with E-state index in [-0.39, 0.29) is 18.2 Å². The number of nitrogens with zero attached hydrogens (tertiary/aromatic N) is 2.